The van der Waals surface area contributed by atoms with Crippen LogP contribution in [0.25, 0.3) is 11.0 Å². The summed E-state index contributed by atoms with van der Waals surface area (Å²) in [5, 5.41) is 7.50. The molecule has 1 saturated heterocycles. The molecule has 0 spiro atoms. The number of sulfonamides is 1. The van der Waals surface area contributed by atoms with E-state index in [2.05, 4.69) is 10.5 Å². The van der Waals surface area contributed by atoms with Gasteiger partial charge in [-0.1, -0.05) is 17.3 Å². The summed E-state index contributed by atoms with van der Waals surface area (Å²) in [7, 11) is -3.70. The number of aromatic nitrogens is 1. The number of anilines is 1. The Morgan fingerprint density at radius 2 is 1.97 bits per heavy atom. The van der Waals surface area contributed by atoms with Crippen molar-refractivity contribution in [3.8, 4) is 5.75 Å². The molecule has 30 heavy (non-hydrogen) atoms. The van der Waals surface area contributed by atoms with E-state index < -0.39 is 10.0 Å². The van der Waals surface area contributed by atoms with E-state index >= 15 is 0 Å². The van der Waals surface area contributed by atoms with E-state index in [1.807, 2.05) is 18.2 Å². The zero-order valence-corrected chi connectivity index (χ0v) is 17.4. The van der Waals surface area contributed by atoms with Gasteiger partial charge >= 0.3 is 0 Å². The van der Waals surface area contributed by atoms with Crippen molar-refractivity contribution in [3.63, 3.8) is 0 Å². The average Bonchev–Trinajstić information content (AvgIpc) is 3.40. The molecule has 0 bridgehead atoms. The Labute approximate surface area is 174 Å². The highest BCUT2D eigenvalue weighted by Crippen LogP contribution is 2.31. The van der Waals surface area contributed by atoms with Gasteiger partial charge in [0.25, 0.3) is 0 Å². The van der Waals surface area contributed by atoms with Crippen LogP contribution >= 0.6 is 0 Å². The molecule has 0 radical (unpaired) electrons. The summed E-state index contributed by atoms with van der Waals surface area (Å²) in [5.41, 5.74) is 1.52. The van der Waals surface area contributed by atoms with Gasteiger partial charge in [0.15, 0.2) is 5.58 Å². The quantitative estimate of drug-likeness (QED) is 0.619. The summed E-state index contributed by atoms with van der Waals surface area (Å²) < 4.78 is 38.4. The third-order valence-corrected chi connectivity index (χ3v) is 6.91. The minimum absolute atomic E-state index is 0.0123. The van der Waals surface area contributed by atoms with Gasteiger partial charge in [-0.05, 0) is 50.1 Å². The summed E-state index contributed by atoms with van der Waals surface area (Å²) in [6.07, 6.45) is 1.69. The number of nitrogens with one attached hydrogen (secondary N) is 1. The molecule has 1 fully saturated rings. The van der Waals surface area contributed by atoms with E-state index in [0.717, 1.165) is 18.2 Å². The van der Waals surface area contributed by atoms with Gasteiger partial charge in [-0.3, -0.25) is 4.79 Å². The number of fused-ring (bicyclic) bond motifs is 1. The number of ether oxygens (including phenoxy) is 1. The first kappa shape index (κ1) is 20.4. The lowest BCUT2D eigenvalue weighted by Gasteiger charge is -2.19. The molecule has 8 nitrogen and oxygen atoms in total. The Hall–Kier alpha value is -2.91. The van der Waals surface area contributed by atoms with Crippen molar-refractivity contribution in [3.05, 3.63) is 48.2 Å². The molecule has 0 unspecified atom stereocenters. The average molecular weight is 429 g/mol. The molecule has 4 rings (SSSR count). The smallest absolute Gasteiger partial charge is 0.246 e. The summed E-state index contributed by atoms with van der Waals surface area (Å²) in [6.45, 7) is 3.12. The Kier molecular flexibility index (Phi) is 5.74. The van der Waals surface area contributed by atoms with Gasteiger partial charge < -0.3 is 14.6 Å². The standard InChI is InChI=1S/C21H23N3O5S/c1-2-28-19-10-9-15(13-20(19)30(26,27)24-11-5-6-12-24)22-21(25)14-17-16-7-3-4-8-18(16)29-23-17/h3-4,7-10,13H,2,5-6,11-12,14H2,1H3,(H,22,25). The first-order valence-corrected chi connectivity index (χ1v) is 11.3. The van der Waals surface area contributed by atoms with Crippen LogP contribution in [0.15, 0.2) is 51.9 Å². The maximum absolute atomic E-state index is 13.1. The van der Waals surface area contributed by atoms with Gasteiger partial charge in [-0.25, -0.2) is 8.42 Å². The van der Waals surface area contributed by atoms with E-state index in [9.17, 15) is 13.2 Å². The fourth-order valence-corrected chi connectivity index (χ4v) is 5.23. The second kappa shape index (κ2) is 8.45. The summed E-state index contributed by atoms with van der Waals surface area (Å²) >= 11 is 0. The Morgan fingerprint density at radius 3 is 2.73 bits per heavy atom. The van der Waals surface area contributed by atoms with Crippen LogP contribution in [0.1, 0.15) is 25.5 Å². The van der Waals surface area contributed by atoms with Crippen LogP contribution in [0, 0.1) is 0 Å². The van der Waals surface area contributed by atoms with Crippen LogP contribution in [0.2, 0.25) is 0 Å². The Bertz CT molecular complexity index is 1170. The highest BCUT2D eigenvalue weighted by atomic mass is 32.2. The molecule has 1 amide bonds. The fourth-order valence-electron chi connectivity index (χ4n) is 3.55. The van der Waals surface area contributed by atoms with Crippen molar-refractivity contribution in [1.29, 1.82) is 0 Å². The van der Waals surface area contributed by atoms with Crippen molar-refractivity contribution in [2.75, 3.05) is 25.0 Å². The Balaban J connectivity index is 1.57. The minimum atomic E-state index is -3.70. The molecule has 0 aliphatic carbocycles. The largest absolute Gasteiger partial charge is 0.492 e. The SMILES string of the molecule is CCOc1ccc(NC(=O)Cc2noc3ccccc23)cc1S(=O)(=O)N1CCCC1. The third-order valence-electron chi connectivity index (χ3n) is 4.99. The predicted molar refractivity (Wildman–Crippen MR) is 112 cm³/mol. The summed E-state index contributed by atoms with van der Waals surface area (Å²) in [5.74, 6) is -0.0346. The van der Waals surface area contributed by atoms with Crippen molar-refractivity contribution in [2.45, 2.75) is 31.1 Å². The molecule has 1 aliphatic heterocycles. The molecule has 0 atom stereocenters. The zero-order valence-electron chi connectivity index (χ0n) is 16.6. The maximum atomic E-state index is 13.1. The van der Waals surface area contributed by atoms with Crippen molar-refractivity contribution in [1.82, 2.24) is 9.46 Å². The lowest BCUT2D eigenvalue weighted by molar-refractivity contribution is -0.115. The van der Waals surface area contributed by atoms with Gasteiger partial charge in [-0.15, -0.1) is 0 Å². The van der Waals surface area contributed by atoms with Crippen LogP contribution in [-0.4, -0.2) is 43.5 Å². The zero-order chi connectivity index (χ0) is 21.1. The summed E-state index contributed by atoms with van der Waals surface area (Å²) in [4.78, 5) is 12.6. The maximum Gasteiger partial charge on any atom is 0.246 e. The number of rotatable bonds is 7. The monoisotopic (exact) mass is 429 g/mol. The number of carbonyl (C=O) groups excluding carboxylic acids is 1. The lowest BCUT2D eigenvalue weighted by Crippen LogP contribution is -2.28. The van der Waals surface area contributed by atoms with Crippen LogP contribution < -0.4 is 10.1 Å². The van der Waals surface area contributed by atoms with Crippen molar-refractivity contribution < 1.29 is 22.5 Å². The first-order valence-electron chi connectivity index (χ1n) is 9.89. The Morgan fingerprint density at radius 1 is 1.20 bits per heavy atom. The normalized spacial score (nSPS) is 14.8. The number of hydrogen-bond acceptors (Lipinski definition) is 6. The molecule has 3 aromatic rings. The molecule has 1 aromatic heterocycles. The van der Waals surface area contributed by atoms with Crippen LogP contribution in [0.4, 0.5) is 5.69 Å². The second-order valence-electron chi connectivity index (χ2n) is 7.06. The number of para-hydroxylation sites is 1. The van der Waals surface area contributed by atoms with Crippen LogP contribution in [-0.2, 0) is 21.2 Å². The van der Waals surface area contributed by atoms with Gasteiger partial charge in [0.05, 0.1) is 13.0 Å². The molecule has 1 N–H and O–H groups in total. The number of carbonyl (C=O) groups is 1. The fraction of sp³-hybridized carbons (Fsp3) is 0.333. The molecule has 158 valence electrons. The molecule has 2 aromatic carbocycles. The van der Waals surface area contributed by atoms with Gasteiger partial charge in [0, 0.05) is 24.2 Å². The second-order valence-corrected chi connectivity index (χ2v) is 8.96. The van der Waals surface area contributed by atoms with Gasteiger partial charge in [0.1, 0.15) is 16.3 Å². The molecule has 2 heterocycles. The topological polar surface area (TPSA) is 102 Å². The number of hydrogen-bond donors (Lipinski definition) is 1. The van der Waals surface area contributed by atoms with E-state index in [4.69, 9.17) is 9.26 Å². The third kappa shape index (κ3) is 4.03. The van der Waals surface area contributed by atoms with Crippen LogP contribution in [0.5, 0.6) is 5.75 Å². The highest BCUT2D eigenvalue weighted by molar-refractivity contribution is 7.89. The van der Waals surface area contributed by atoms with Crippen molar-refractivity contribution in [2.24, 2.45) is 0 Å². The molecule has 9 heteroatoms. The number of benzene rings is 2. The molecular weight excluding hydrogens is 406 g/mol. The number of amides is 1. The van der Waals surface area contributed by atoms with E-state index in [-0.39, 0.29) is 23.0 Å². The first-order chi connectivity index (χ1) is 14.5. The highest BCUT2D eigenvalue weighted by Gasteiger charge is 2.30. The molecule has 1 aliphatic rings. The van der Waals surface area contributed by atoms with E-state index in [1.54, 1.807) is 25.1 Å². The predicted octanol–water partition coefficient (Wildman–Crippen LogP) is 3.19. The minimum Gasteiger partial charge on any atom is -0.492 e. The van der Waals surface area contributed by atoms with Crippen LogP contribution in [0.3, 0.4) is 0 Å². The van der Waals surface area contributed by atoms with Gasteiger partial charge in [0.2, 0.25) is 15.9 Å². The molecular formula is C21H23N3O5S. The van der Waals surface area contributed by atoms with E-state index in [0.29, 0.717) is 36.7 Å². The molecule has 0 saturated carbocycles. The lowest BCUT2D eigenvalue weighted by atomic mass is 10.1. The van der Waals surface area contributed by atoms with Crippen molar-refractivity contribution >= 4 is 32.6 Å². The van der Waals surface area contributed by atoms with E-state index in [1.165, 1.54) is 10.4 Å². The number of nitrogens with zero attached hydrogens (tertiary/aromatic N) is 2. The van der Waals surface area contributed by atoms with Gasteiger partial charge in [-0.2, -0.15) is 4.31 Å². The summed E-state index contributed by atoms with van der Waals surface area (Å²) in [6, 6.07) is 12.0.